The molecule has 6 nitrogen and oxygen atoms in total. The van der Waals surface area contributed by atoms with Gasteiger partial charge in [0.1, 0.15) is 0 Å². The number of halogens is 1. The van der Waals surface area contributed by atoms with Gasteiger partial charge in [0.25, 0.3) is 5.91 Å². The molecule has 2 aromatic carbocycles. The van der Waals surface area contributed by atoms with E-state index in [1.165, 1.54) is 6.92 Å². The maximum atomic E-state index is 12.5. The second-order valence-electron chi connectivity index (χ2n) is 5.64. The minimum atomic E-state index is -1.06. The van der Waals surface area contributed by atoms with Crippen molar-refractivity contribution in [1.82, 2.24) is 4.98 Å². The summed E-state index contributed by atoms with van der Waals surface area (Å²) in [7, 11) is 0. The van der Waals surface area contributed by atoms with Crippen molar-refractivity contribution in [3.05, 3.63) is 75.5 Å². The summed E-state index contributed by atoms with van der Waals surface area (Å²) in [4.78, 5) is 39.1. The molecule has 0 aliphatic heterocycles. The van der Waals surface area contributed by atoms with Crippen LogP contribution in [0.3, 0.4) is 0 Å². The van der Waals surface area contributed by atoms with Gasteiger partial charge in [-0.15, -0.1) is 0 Å². The fourth-order valence-electron chi connectivity index (χ4n) is 2.46. The quantitative estimate of drug-likeness (QED) is 0.689. The Balaban J connectivity index is 1.77. The van der Waals surface area contributed by atoms with E-state index in [1.807, 2.05) is 0 Å². The Labute approximate surface area is 153 Å². The van der Waals surface area contributed by atoms with E-state index in [0.717, 1.165) is 6.07 Å². The first kappa shape index (κ1) is 17.7. The molecule has 1 heterocycles. The Morgan fingerprint density at radius 1 is 1.12 bits per heavy atom. The van der Waals surface area contributed by atoms with Crippen LogP contribution in [0.1, 0.15) is 17.3 Å². The lowest BCUT2D eigenvalue weighted by Crippen LogP contribution is -2.30. The lowest BCUT2D eigenvalue weighted by molar-refractivity contribution is -0.123. The van der Waals surface area contributed by atoms with Crippen LogP contribution >= 0.6 is 11.6 Å². The number of pyridine rings is 1. The standard InChI is InChI=1S/C19H15ClN2O4/c1-11(18(24)21-13-6-4-5-12(20)9-13)26-19(25)15-10-17(23)22-16-8-3-2-7-14(15)16/h2-11H,1H3,(H,21,24)(H,22,23). The van der Waals surface area contributed by atoms with Crippen molar-refractivity contribution in [2.75, 3.05) is 5.32 Å². The molecule has 0 saturated carbocycles. The monoisotopic (exact) mass is 370 g/mol. The fraction of sp³-hybridized carbons (Fsp3) is 0.105. The van der Waals surface area contributed by atoms with Gasteiger partial charge in [0.05, 0.1) is 5.56 Å². The third kappa shape index (κ3) is 3.92. The molecule has 1 aromatic heterocycles. The highest BCUT2D eigenvalue weighted by atomic mass is 35.5. The summed E-state index contributed by atoms with van der Waals surface area (Å²) in [5.74, 6) is -1.25. The van der Waals surface area contributed by atoms with Crippen LogP contribution in [-0.2, 0) is 9.53 Å². The molecule has 2 N–H and O–H groups in total. The van der Waals surface area contributed by atoms with Crippen LogP contribution in [0.4, 0.5) is 5.69 Å². The van der Waals surface area contributed by atoms with E-state index in [1.54, 1.807) is 48.5 Å². The number of para-hydroxylation sites is 1. The average Bonchev–Trinajstić information content (AvgIpc) is 2.60. The van der Waals surface area contributed by atoms with Gasteiger partial charge in [0, 0.05) is 27.7 Å². The number of carbonyl (C=O) groups excluding carboxylic acids is 2. The normalized spacial score (nSPS) is 11.8. The largest absolute Gasteiger partial charge is 0.449 e. The van der Waals surface area contributed by atoms with Crippen LogP contribution < -0.4 is 10.9 Å². The van der Waals surface area contributed by atoms with Gasteiger partial charge in [0.15, 0.2) is 6.10 Å². The van der Waals surface area contributed by atoms with Crippen molar-refractivity contribution in [1.29, 1.82) is 0 Å². The molecule has 1 atom stereocenters. The fourth-order valence-corrected chi connectivity index (χ4v) is 2.65. The van der Waals surface area contributed by atoms with E-state index in [0.29, 0.717) is 21.6 Å². The molecule has 0 aliphatic carbocycles. The van der Waals surface area contributed by atoms with Crippen LogP contribution in [-0.4, -0.2) is 23.0 Å². The summed E-state index contributed by atoms with van der Waals surface area (Å²) in [6, 6.07) is 14.6. The number of esters is 1. The summed E-state index contributed by atoms with van der Waals surface area (Å²) < 4.78 is 5.23. The molecule has 0 fully saturated rings. The highest BCUT2D eigenvalue weighted by Crippen LogP contribution is 2.18. The lowest BCUT2D eigenvalue weighted by atomic mass is 10.1. The van der Waals surface area contributed by atoms with Gasteiger partial charge in [-0.25, -0.2) is 4.79 Å². The van der Waals surface area contributed by atoms with E-state index in [9.17, 15) is 14.4 Å². The Hall–Kier alpha value is -3.12. The molecule has 3 aromatic rings. The van der Waals surface area contributed by atoms with Gasteiger partial charge in [-0.05, 0) is 31.2 Å². The molecule has 0 aliphatic rings. The van der Waals surface area contributed by atoms with Gasteiger partial charge in [-0.1, -0.05) is 35.9 Å². The zero-order chi connectivity index (χ0) is 18.7. The Morgan fingerprint density at radius 3 is 2.65 bits per heavy atom. The molecular weight excluding hydrogens is 356 g/mol. The number of carbonyl (C=O) groups is 2. The van der Waals surface area contributed by atoms with Gasteiger partial charge < -0.3 is 15.0 Å². The van der Waals surface area contributed by atoms with Crippen LogP contribution in [0, 0.1) is 0 Å². The molecule has 0 radical (unpaired) electrons. The first-order valence-electron chi connectivity index (χ1n) is 7.83. The second kappa shape index (κ2) is 7.41. The van der Waals surface area contributed by atoms with E-state index >= 15 is 0 Å². The van der Waals surface area contributed by atoms with Crippen molar-refractivity contribution in [2.24, 2.45) is 0 Å². The van der Waals surface area contributed by atoms with E-state index < -0.39 is 23.5 Å². The topological polar surface area (TPSA) is 88.3 Å². The Morgan fingerprint density at radius 2 is 1.88 bits per heavy atom. The smallest absolute Gasteiger partial charge is 0.339 e. The molecule has 1 amide bonds. The summed E-state index contributed by atoms with van der Waals surface area (Å²) in [5, 5.41) is 3.64. The van der Waals surface area contributed by atoms with Crippen molar-refractivity contribution in [2.45, 2.75) is 13.0 Å². The first-order valence-corrected chi connectivity index (χ1v) is 8.21. The molecule has 0 bridgehead atoms. The molecule has 26 heavy (non-hydrogen) atoms. The third-order valence-corrected chi connectivity index (χ3v) is 3.95. The Bertz CT molecular complexity index is 1040. The van der Waals surface area contributed by atoms with Gasteiger partial charge in [-0.2, -0.15) is 0 Å². The average molecular weight is 371 g/mol. The molecule has 0 spiro atoms. The third-order valence-electron chi connectivity index (χ3n) is 3.72. The van der Waals surface area contributed by atoms with E-state index in [-0.39, 0.29) is 5.56 Å². The molecule has 0 saturated heterocycles. The first-order chi connectivity index (χ1) is 12.4. The number of rotatable bonds is 4. The van der Waals surface area contributed by atoms with E-state index in [2.05, 4.69) is 10.3 Å². The van der Waals surface area contributed by atoms with Gasteiger partial charge in [-0.3, -0.25) is 9.59 Å². The SMILES string of the molecule is CC(OC(=O)c1cc(=O)[nH]c2ccccc12)C(=O)Nc1cccc(Cl)c1. The summed E-state index contributed by atoms with van der Waals surface area (Å²) in [5.41, 5.74) is 0.688. The van der Waals surface area contributed by atoms with Crippen molar-refractivity contribution < 1.29 is 14.3 Å². The number of nitrogens with one attached hydrogen (secondary N) is 2. The number of aromatic amines is 1. The second-order valence-corrected chi connectivity index (χ2v) is 6.08. The predicted molar refractivity (Wildman–Crippen MR) is 99.5 cm³/mol. The number of hydrogen-bond donors (Lipinski definition) is 2. The number of anilines is 1. The van der Waals surface area contributed by atoms with Crippen LogP contribution in [0.5, 0.6) is 0 Å². The zero-order valence-corrected chi connectivity index (χ0v) is 14.5. The highest BCUT2D eigenvalue weighted by molar-refractivity contribution is 6.30. The minimum Gasteiger partial charge on any atom is -0.449 e. The highest BCUT2D eigenvalue weighted by Gasteiger charge is 2.21. The van der Waals surface area contributed by atoms with Crippen molar-refractivity contribution in [3.8, 4) is 0 Å². The van der Waals surface area contributed by atoms with Crippen LogP contribution in [0.25, 0.3) is 10.9 Å². The summed E-state index contributed by atoms with van der Waals surface area (Å²) >= 11 is 5.87. The number of fused-ring (bicyclic) bond motifs is 1. The number of benzene rings is 2. The van der Waals surface area contributed by atoms with E-state index in [4.69, 9.17) is 16.3 Å². The number of amides is 1. The van der Waals surface area contributed by atoms with Crippen molar-refractivity contribution >= 4 is 40.1 Å². The molecule has 132 valence electrons. The van der Waals surface area contributed by atoms with Gasteiger partial charge in [0.2, 0.25) is 5.56 Å². The van der Waals surface area contributed by atoms with Gasteiger partial charge >= 0.3 is 5.97 Å². The van der Waals surface area contributed by atoms with Crippen LogP contribution in [0.15, 0.2) is 59.4 Å². The number of aromatic nitrogens is 1. The number of hydrogen-bond acceptors (Lipinski definition) is 4. The number of ether oxygens (including phenoxy) is 1. The predicted octanol–water partition coefficient (Wildman–Crippen LogP) is 3.37. The lowest BCUT2D eigenvalue weighted by Gasteiger charge is -2.14. The van der Waals surface area contributed by atoms with Crippen LogP contribution in [0.2, 0.25) is 5.02 Å². The maximum absolute atomic E-state index is 12.5. The summed E-state index contributed by atoms with van der Waals surface area (Å²) in [6.45, 7) is 1.45. The minimum absolute atomic E-state index is 0.103. The number of H-pyrrole nitrogens is 1. The molecule has 1 unspecified atom stereocenters. The van der Waals surface area contributed by atoms with Crippen molar-refractivity contribution in [3.63, 3.8) is 0 Å². The summed E-state index contributed by atoms with van der Waals surface area (Å²) in [6.07, 6.45) is -1.06. The molecular formula is C19H15ClN2O4. The Kier molecular flexibility index (Phi) is 5.04. The molecule has 3 rings (SSSR count). The maximum Gasteiger partial charge on any atom is 0.339 e. The molecule has 7 heteroatoms. The zero-order valence-electron chi connectivity index (χ0n) is 13.8.